The standard InChI is InChI=1S/C26H29Cl2N3O3/c27-19-6-4-18(5-7-19)26(33)9-8-20-12-29(10-11-30(20)15-26)24(32)21-2-1-3-22(23(21)28)31-13-25(14-31)16-34-17-25/h1-7,20,33H,8-17H2/t20-,26-/m1/s1. The number of aliphatic hydroxyl groups is 1. The lowest BCUT2D eigenvalue weighted by Crippen LogP contribution is -2.66. The summed E-state index contributed by atoms with van der Waals surface area (Å²) in [7, 11) is 0. The Balaban J connectivity index is 1.13. The first-order valence-electron chi connectivity index (χ1n) is 12.0. The van der Waals surface area contributed by atoms with Gasteiger partial charge in [-0.15, -0.1) is 0 Å². The number of fused-ring (bicyclic) bond motifs is 1. The maximum absolute atomic E-state index is 13.5. The fourth-order valence-electron chi connectivity index (χ4n) is 5.98. The highest BCUT2D eigenvalue weighted by molar-refractivity contribution is 6.36. The SMILES string of the molecule is O=C(c1cccc(N2CC3(COC3)C2)c1Cl)N1CCN2C[C@@](O)(c3ccc(Cl)cc3)CC[C@@H]2C1. The van der Waals surface area contributed by atoms with Crippen LogP contribution in [-0.2, 0) is 10.3 Å². The van der Waals surface area contributed by atoms with Gasteiger partial charge in [-0.1, -0.05) is 41.4 Å². The van der Waals surface area contributed by atoms with Gasteiger partial charge in [0.25, 0.3) is 5.91 Å². The van der Waals surface area contributed by atoms with Gasteiger partial charge in [0.15, 0.2) is 0 Å². The van der Waals surface area contributed by atoms with Crippen LogP contribution in [0.2, 0.25) is 10.0 Å². The molecular formula is C26H29Cl2N3O3. The molecule has 0 unspecified atom stereocenters. The molecule has 2 aromatic carbocycles. The zero-order chi connectivity index (χ0) is 23.5. The van der Waals surface area contributed by atoms with Crippen LogP contribution in [0, 0.1) is 5.41 Å². The number of hydrogen-bond donors (Lipinski definition) is 1. The number of piperazine rings is 1. The minimum absolute atomic E-state index is 0.00718. The molecule has 6 rings (SSSR count). The molecule has 4 aliphatic heterocycles. The summed E-state index contributed by atoms with van der Waals surface area (Å²) in [5.74, 6) is -0.00718. The molecule has 4 heterocycles. The molecule has 8 heteroatoms. The second kappa shape index (κ2) is 8.38. The molecule has 6 nitrogen and oxygen atoms in total. The number of piperidine rings is 1. The monoisotopic (exact) mass is 501 g/mol. The molecule has 1 spiro atoms. The van der Waals surface area contributed by atoms with E-state index in [1.54, 1.807) is 0 Å². The predicted octanol–water partition coefficient (Wildman–Crippen LogP) is 3.64. The Hall–Kier alpha value is -1.83. The van der Waals surface area contributed by atoms with Gasteiger partial charge in [-0.2, -0.15) is 0 Å². The molecular weight excluding hydrogens is 473 g/mol. The molecule has 4 fully saturated rings. The Bertz CT molecular complexity index is 1100. The minimum Gasteiger partial charge on any atom is -0.384 e. The summed E-state index contributed by atoms with van der Waals surface area (Å²) in [5, 5.41) is 12.6. The Labute approximate surface area is 210 Å². The molecule has 4 saturated heterocycles. The van der Waals surface area contributed by atoms with Crippen LogP contribution in [-0.4, -0.2) is 79.3 Å². The molecule has 1 N–H and O–H groups in total. The number of benzene rings is 2. The van der Waals surface area contributed by atoms with E-state index in [-0.39, 0.29) is 17.4 Å². The van der Waals surface area contributed by atoms with Crippen molar-refractivity contribution in [1.29, 1.82) is 0 Å². The number of anilines is 1. The van der Waals surface area contributed by atoms with Gasteiger partial charge in [0.05, 0.1) is 34.9 Å². The van der Waals surface area contributed by atoms with Crippen LogP contribution < -0.4 is 4.90 Å². The van der Waals surface area contributed by atoms with Crippen molar-refractivity contribution in [2.75, 3.05) is 57.4 Å². The summed E-state index contributed by atoms with van der Waals surface area (Å²) in [6, 6.07) is 13.5. The largest absolute Gasteiger partial charge is 0.384 e. The van der Waals surface area contributed by atoms with Crippen LogP contribution in [0.1, 0.15) is 28.8 Å². The van der Waals surface area contributed by atoms with Crippen molar-refractivity contribution < 1.29 is 14.6 Å². The van der Waals surface area contributed by atoms with E-state index in [2.05, 4.69) is 9.80 Å². The lowest BCUT2D eigenvalue weighted by molar-refractivity contribution is -0.127. The van der Waals surface area contributed by atoms with Crippen molar-refractivity contribution >= 4 is 34.8 Å². The normalized spacial score (nSPS) is 28.3. The number of rotatable bonds is 3. The molecule has 0 bridgehead atoms. The maximum Gasteiger partial charge on any atom is 0.255 e. The van der Waals surface area contributed by atoms with Crippen LogP contribution in [0.4, 0.5) is 5.69 Å². The summed E-state index contributed by atoms with van der Waals surface area (Å²) in [6.07, 6.45) is 1.49. The van der Waals surface area contributed by atoms with E-state index in [1.165, 1.54) is 0 Å². The van der Waals surface area contributed by atoms with Crippen molar-refractivity contribution in [3.63, 3.8) is 0 Å². The van der Waals surface area contributed by atoms with Crippen molar-refractivity contribution in [3.05, 3.63) is 63.6 Å². The molecule has 0 aromatic heterocycles. The Morgan fingerprint density at radius 3 is 2.50 bits per heavy atom. The van der Waals surface area contributed by atoms with E-state index >= 15 is 0 Å². The van der Waals surface area contributed by atoms with E-state index in [1.807, 2.05) is 47.4 Å². The lowest BCUT2D eigenvalue weighted by atomic mass is 9.77. The quantitative estimate of drug-likeness (QED) is 0.695. The van der Waals surface area contributed by atoms with Crippen LogP contribution in [0.5, 0.6) is 0 Å². The van der Waals surface area contributed by atoms with Crippen LogP contribution in [0.25, 0.3) is 0 Å². The average molecular weight is 502 g/mol. The molecule has 0 saturated carbocycles. The Kier molecular flexibility index (Phi) is 5.58. The van der Waals surface area contributed by atoms with Crippen molar-refractivity contribution in [1.82, 2.24) is 9.80 Å². The summed E-state index contributed by atoms with van der Waals surface area (Å²) in [5.41, 5.74) is 1.82. The van der Waals surface area contributed by atoms with E-state index in [4.69, 9.17) is 27.9 Å². The highest BCUT2D eigenvalue weighted by Gasteiger charge is 2.49. The maximum atomic E-state index is 13.5. The molecule has 34 heavy (non-hydrogen) atoms. The third kappa shape index (κ3) is 3.80. The number of hydrogen-bond acceptors (Lipinski definition) is 5. The second-order valence-electron chi connectivity index (χ2n) is 10.4. The topological polar surface area (TPSA) is 56.2 Å². The third-order valence-corrected chi connectivity index (χ3v) is 8.70. The van der Waals surface area contributed by atoms with Crippen LogP contribution in [0.3, 0.4) is 0 Å². The van der Waals surface area contributed by atoms with Gasteiger partial charge in [0.2, 0.25) is 0 Å². The molecule has 2 atom stereocenters. The van der Waals surface area contributed by atoms with Gasteiger partial charge in [0.1, 0.15) is 5.60 Å². The minimum atomic E-state index is -0.884. The third-order valence-electron chi connectivity index (χ3n) is 8.05. The summed E-state index contributed by atoms with van der Waals surface area (Å²) in [4.78, 5) is 20.0. The number of amides is 1. The first kappa shape index (κ1) is 22.6. The van der Waals surface area contributed by atoms with Crippen molar-refractivity contribution in [2.24, 2.45) is 5.41 Å². The zero-order valence-corrected chi connectivity index (χ0v) is 20.6. The first-order valence-corrected chi connectivity index (χ1v) is 12.7. The molecule has 0 aliphatic carbocycles. The second-order valence-corrected chi connectivity index (χ2v) is 11.3. The smallest absolute Gasteiger partial charge is 0.255 e. The highest BCUT2D eigenvalue weighted by Crippen LogP contribution is 2.43. The molecule has 4 aliphatic rings. The number of carbonyl (C=O) groups is 1. The van der Waals surface area contributed by atoms with Gasteiger partial charge in [0, 0.05) is 50.3 Å². The number of nitrogens with zero attached hydrogens (tertiary/aromatic N) is 3. The molecule has 0 radical (unpaired) electrons. The van der Waals surface area contributed by atoms with Crippen LogP contribution in [0.15, 0.2) is 42.5 Å². The molecule has 1 amide bonds. The number of ether oxygens (including phenoxy) is 1. The van der Waals surface area contributed by atoms with Crippen LogP contribution >= 0.6 is 23.2 Å². The van der Waals surface area contributed by atoms with Gasteiger partial charge in [-0.25, -0.2) is 0 Å². The number of carbonyl (C=O) groups excluding carboxylic acids is 1. The average Bonchev–Trinajstić information content (AvgIpc) is 2.78. The fourth-order valence-corrected chi connectivity index (χ4v) is 6.43. The van der Waals surface area contributed by atoms with Gasteiger partial charge >= 0.3 is 0 Å². The molecule has 180 valence electrons. The van der Waals surface area contributed by atoms with Gasteiger partial charge in [-0.3, -0.25) is 9.69 Å². The van der Waals surface area contributed by atoms with Gasteiger partial charge < -0.3 is 19.6 Å². The highest BCUT2D eigenvalue weighted by atomic mass is 35.5. The zero-order valence-electron chi connectivity index (χ0n) is 19.1. The number of halogens is 2. The van der Waals surface area contributed by atoms with E-state index in [0.29, 0.717) is 41.7 Å². The summed E-state index contributed by atoms with van der Waals surface area (Å²) < 4.78 is 5.38. The predicted molar refractivity (Wildman–Crippen MR) is 133 cm³/mol. The fraction of sp³-hybridized carbons (Fsp3) is 0.500. The Morgan fingerprint density at radius 1 is 1.03 bits per heavy atom. The van der Waals surface area contributed by atoms with E-state index < -0.39 is 5.60 Å². The lowest BCUT2D eigenvalue weighted by Gasteiger charge is -2.56. The Morgan fingerprint density at radius 2 is 1.79 bits per heavy atom. The summed E-state index contributed by atoms with van der Waals surface area (Å²) in [6.45, 7) is 6.08. The first-order chi connectivity index (χ1) is 16.4. The summed E-state index contributed by atoms with van der Waals surface area (Å²) >= 11 is 12.8. The van der Waals surface area contributed by atoms with E-state index in [9.17, 15) is 9.90 Å². The van der Waals surface area contributed by atoms with Gasteiger partial charge in [-0.05, 0) is 42.7 Å². The molecule has 2 aromatic rings. The van der Waals surface area contributed by atoms with E-state index in [0.717, 1.165) is 50.5 Å². The van der Waals surface area contributed by atoms with Crippen molar-refractivity contribution in [3.8, 4) is 0 Å². The van der Waals surface area contributed by atoms with Crippen molar-refractivity contribution in [2.45, 2.75) is 24.5 Å².